The highest BCUT2D eigenvalue weighted by molar-refractivity contribution is 5.94. The topological polar surface area (TPSA) is 75.3 Å². The molecule has 0 spiro atoms. The number of ether oxygens (including phenoxy) is 1. The number of para-hydroxylation sites is 1. The number of benzene rings is 2. The van der Waals surface area contributed by atoms with E-state index in [1.165, 1.54) is 6.20 Å². The third-order valence-electron chi connectivity index (χ3n) is 4.91. The molecule has 1 aromatic heterocycles. The molecule has 1 fully saturated rings. The number of rotatable bonds is 4. The van der Waals surface area contributed by atoms with E-state index in [4.69, 9.17) is 4.74 Å². The van der Waals surface area contributed by atoms with Crippen LogP contribution in [0.3, 0.4) is 0 Å². The highest BCUT2D eigenvalue weighted by Gasteiger charge is 2.34. The summed E-state index contributed by atoms with van der Waals surface area (Å²) in [6.07, 6.45) is 1.28. The van der Waals surface area contributed by atoms with Crippen LogP contribution in [0.4, 0.5) is 0 Å². The molecule has 1 amide bonds. The summed E-state index contributed by atoms with van der Waals surface area (Å²) in [4.78, 5) is 33.6. The van der Waals surface area contributed by atoms with Gasteiger partial charge < -0.3 is 14.6 Å². The van der Waals surface area contributed by atoms with Gasteiger partial charge in [0.25, 0.3) is 11.5 Å². The summed E-state index contributed by atoms with van der Waals surface area (Å²) >= 11 is 0. The van der Waals surface area contributed by atoms with Gasteiger partial charge in [-0.15, -0.1) is 0 Å². The number of nitrogens with one attached hydrogen (secondary N) is 1. The second-order valence-electron chi connectivity index (χ2n) is 7.01. The molecule has 0 bridgehead atoms. The number of carbonyl (C=O) groups excluding carboxylic acids is 1. The fourth-order valence-corrected chi connectivity index (χ4v) is 3.29. The standard InChI is InChI=1S/C22H21N3O3/c1-14-7-6-8-15(2)19(14)28-17-12-25(13-17)22(27)18-11-23-20(24-21(18)26)16-9-4-3-5-10-16/h3-11,17H,12-13H2,1-2H3,(H,23,24,26). The van der Waals surface area contributed by atoms with Gasteiger partial charge in [-0.05, 0) is 25.0 Å². The fraction of sp³-hybridized carbons (Fsp3) is 0.227. The lowest BCUT2D eigenvalue weighted by Gasteiger charge is -2.39. The zero-order valence-corrected chi connectivity index (χ0v) is 15.8. The number of aromatic nitrogens is 2. The molecule has 1 aliphatic rings. The van der Waals surface area contributed by atoms with Crippen molar-refractivity contribution >= 4 is 5.91 Å². The summed E-state index contributed by atoms with van der Waals surface area (Å²) in [5, 5.41) is 0. The van der Waals surface area contributed by atoms with E-state index >= 15 is 0 Å². The highest BCUT2D eigenvalue weighted by atomic mass is 16.5. The van der Waals surface area contributed by atoms with Crippen molar-refractivity contribution in [2.45, 2.75) is 20.0 Å². The predicted octanol–water partition coefficient (Wildman–Crippen LogP) is 2.96. The van der Waals surface area contributed by atoms with E-state index in [0.29, 0.717) is 18.9 Å². The van der Waals surface area contributed by atoms with Crippen LogP contribution in [0.15, 0.2) is 59.5 Å². The first-order valence-corrected chi connectivity index (χ1v) is 9.20. The van der Waals surface area contributed by atoms with Gasteiger partial charge in [0.2, 0.25) is 0 Å². The van der Waals surface area contributed by atoms with Gasteiger partial charge in [-0.1, -0.05) is 48.5 Å². The Morgan fingerprint density at radius 3 is 2.39 bits per heavy atom. The van der Waals surface area contributed by atoms with Gasteiger partial charge >= 0.3 is 0 Å². The van der Waals surface area contributed by atoms with Crippen molar-refractivity contribution in [2.24, 2.45) is 0 Å². The van der Waals surface area contributed by atoms with Crippen molar-refractivity contribution in [1.29, 1.82) is 0 Å². The molecule has 0 atom stereocenters. The molecular formula is C22H21N3O3. The molecule has 0 unspecified atom stereocenters. The van der Waals surface area contributed by atoms with Crippen LogP contribution in [-0.4, -0.2) is 40.0 Å². The van der Waals surface area contributed by atoms with Gasteiger partial charge in [0.05, 0.1) is 13.1 Å². The summed E-state index contributed by atoms with van der Waals surface area (Å²) in [5.41, 5.74) is 2.55. The molecule has 2 heterocycles. The van der Waals surface area contributed by atoms with Crippen molar-refractivity contribution in [3.63, 3.8) is 0 Å². The summed E-state index contributed by atoms with van der Waals surface area (Å²) < 4.78 is 6.04. The molecule has 6 heteroatoms. The van der Waals surface area contributed by atoms with Gasteiger partial charge in [-0.2, -0.15) is 0 Å². The molecule has 142 valence electrons. The van der Waals surface area contributed by atoms with Crippen LogP contribution in [0.2, 0.25) is 0 Å². The minimum absolute atomic E-state index is 0.0465. The number of H-pyrrole nitrogens is 1. The Hall–Kier alpha value is -3.41. The summed E-state index contributed by atoms with van der Waals surface area (Å²) in [5.74, 6) is 0.989. The number of nitrogens with zero attached hydrogens (tertiary/aromatic N) is 2. The van der Waals surface area contributed by atoms with Crippen molar-refractivity contribution < 1.29 is 9.53 Å². The Balaban J connectivity index is 1.43. The molecule has 0 aliphatic carbocycles. The number of carbonyl (C=O) groups is 1. The number of amides is 1. The minimum atomic E-state index is -0.432. The fourth-order valence-electron chi connectivity index (χ4n) is 3.29. The van der Waals surface area contributed by atoms with Gasteiger partial charge in [-0.3, -0.25) is 9.59 Å². The van der Waals surface area contributed by atoms with Crippen molar-refractivity contribution in [2.75, 3.05) is 13.1 Å². The Morgan fingerprint density at radius 2 is 1.75 bits per heavy atom. The summed E-state index contributed by atoms with van der Waals surface area (Å²) in [6.45, 7) is 4.91. The second-order valence-corrected chi connectivity index (χ2v) is 7.01. The molecule has 1 aliphatic heterocycles. The average Bonchev–Trinajstić information content (AvgIpc) is 2.66. The van der Waals surface area contributed by atoms with Crippen LogP contribution in [0.1, 0.15) is 21.5 Å². The molecule has 0 saturated carbocycles. The maximum absolute atomic E-state index is 12.6. The van der Waals surface area contributed by atoms with Crippen LogP contribution in [-0.2, 0) is 0 Å². The Labute approximate surface area is 162 Å². The number of aryl methyl sites for hydroxylation is 2. The first-order chi connectivity index (χ1) is 13.5. The third kappa shape index (κ3) is 3.41. The molecule has 6 nitrogen and oxygen atoms in total. The quantitative estimate of drug-likeness (QED) is 0.761. The SMILES string of the molecule is Cc1cccc(C)c1OC1CN(C(=O)c2cnc(-c3ccccc3)[nH]c2=O)C1. The molecule has 2 aromatic carbocycles. The number of hydrogen-bond acceptors (Lipinski definition) is 4. The van der Waals surface area contributed by atoms with E-state index in [1.807, 2.05) is 62.4 Å². The average molecular weight is 375 g/mol. The zero-order chi connectivity index (χ0) is 19.7. The highest BCUT2D eigenvalue weighted by Crippen LogP contribution is 2.26. The van der Waals surface area contributed by atoms with Crippen LogP contribution in [0.5, 0.6) is 5.75 Å². The summed E-state index contributed by atoms with van der Waals surface area (Å²) in [7, 11) is 0. The molecule has 4 rings (SSSR count). The smallest absolute Gasteiger partial charge is 0.264 e. The number of aromatic amines is 1. The molecule has 1 saturated heterocycles. The molecule has 3 aromatic rings. The lowest BCUT2D eigenvalue weighted by atomic mass is 10.1. The van der Waals surface area contributed by atoms with E-state index in [1.54, 1.807) is 4.90 Å². The van der Waals surface area contributed by atoms with Gasteiger partial charge in [0, 0.05) is 11.8 Å². The molecular weight excluding hydrogens is 354 g/mol. The Bertz CT molecular complexity index is 1050. The Kier molecular flexibility index (Phi) is 4.69. The largest absolute Gasteiger partial charge is 0.486 e. The number of hydrogen-bond donors (Lipinski definition) is 1. The molecule has 28 heavy (non-hydrogen) atoms. The first-order valence-electron chi connectivity index (χ1n) is 9.20. The van der Waals surface area contributed by atoms with E-state index in [9.17, 15) is 9.59 Å². The second kappa shape index (κ2) is 7.31. The lowest BCUT2D eigenvalue weighted by molar-refractivity contribution is 0.0171. The Morgan fingerprint density at radius 1 is 1.07 bits per heavy atom. The van der Waals surface area contributed by atoms with E-state index in [0.717, 1.165) is 22.4 Å². The maximum atomic E-state index is 12.6. The van der Waals surface area contributed by atoms with E-state index in [2.05, 4.69) is 9.97 Å². The predicted molar refractivity (Wildman–Crippen MR) is 107 cm³/mol. The van der Waals surface area contributed by atoms with Crippen molar-refractivity contribution in [1.82, 2.24) is 14.9 Å². The van der Waals surface area contributed by atoms with Crippen LogP contribution in [0, 0.1) is 13.8 Å². The van der Waals surface area contributed by atoms with Gasteiger partial charge in [0.1, 0.15) is 23.2 Å². The van der Waals surface area contributed by atoms with E-state index < -0.39 is 5.56 Å². The molecule has 1 N–H and O–H groups in total. The minimum Gasteiger partial charge on any atom is -0.486 e. The number of likely N-dealkylation sites (tertiary alicyclic amines) is 1. The van der Waals surface area contributed by atoms with Crippen LogP contribution >= 0.6 is 0 Å². The first kappa shape index (κ1) is 18.0. The van der Waals surface area contributed by atoms with Crippen molar-refractivity contribution in [3.05, 3.63) is 81.8 Å². The normalized spacial score (nSPS) is 13.9. The van der Waals surface area contributed by atoms with E-state index in [-0.39, 0.29) is 17.6 Å². The zero-order valence-electron chi connectivity index (χ0n) is 15.8. The van der Waals surface area contributed by atoms with Gasteiger partial charge in [-0.25, -0.2) is 4.98 Å². The monoisotopic (exact) mass is 375 g/mol. The summed E-state index contributed by atoms with van der Waals surface area (Å²) in [6, 6.07) is 15.3. The van der Waals surface area contributed by atoms with Crippen LogP contribution < -0.4 is 10.3 Å². The van der Waals surface area contributed by atoms with Crippen LogP contribution in [0.25, 0.3) is 11.4 Å². The van der Waals surface area contributed by atoms with Gasteiger partial charge in [0.15, 0.2) is 0 Å². The lowest BCUT2D eigenvalue weighted by Crippen LogP contribution is -2.57. The van der Waals surface area contributed by atoms with Crippen molar-refractivity contribution in [3.8, 4) is 17.1 Å². The molecule has 0 radical (unpaired) electrons. The third-order valence-corrected chi connectivity index (χ3v) is 4.91. The maximum Gasteiger partial charge on any atom is 0.264 e.